The Bertz CT molecular complexity index is 953. The molecule has 2 aliphatic rings. The van der Waals surface area contributed by atoms with Crippen molar-refractivity contribution in [3.05, 3.63) is 60.4 Å². The molecule has 0 aliphatic carbocycles. The predicted octanol–water partition coefficient (Wildman–Crippen LogP) is 4.17. The fourth-order valence-electron chi connectivity index (χ4n) is 4.90. The van der Waals surface area contributed by atoms with E-state index >= 15 is 0 Å². The van der Waals surface area contributed by atoms with Crippen molar-refractivity contribution in [1.29, 1.82) is 0 Å². The van der Waals surface area contributed by atoms with Crippen molar-refractivity contribution in [2.75, 3.05) is 11.1 Å². The van der Waals surface area contributed by atoms with E-state index < -0.39 is 0 Å². The van der Waals surface area contributed by atoms with Gasteiger partial charge in [-0.1, -0.05) is 30.3 Å². The van der Waals surface area contributed by atoms with Crippen molar-refractivity contribution in [1.82, 2.24) is 14.9 Å². The highest BCUT2D eigenvalue weighted by atomic mass is 15.4. The number of anilines is 2. The van der Waals surface area contributed by atoms with E-state index in [0.29, 0.717) is 6.04 Å². The molecule has 2 fully saturated rings. The molecule has 2 unspecified atom stereocenters. The number of rotatable bonds is 4. The van der Waals surface area contributed by atoms with Crippen LogP contribution in [0.1, 0.15) is 37.7 Å². The van der Waals surface area contributed by atoms with Gasteiger partial charge in [-0.15, -0.1) is 0 Å². The largest absolute Gasteiger partial charge is 0.399 e. The number of piperidine rings is 1. The lowest BCUT2D eigenvalue weighted by molar-refractivity contribution is 0.0659. The number of fused-ring (bicyclic) bond motifs is 3. The van der Waals surface area contributed by atoms with Crippen LogP contribution in [-0.2, 0) is 6.54 Å². The summed E-state index contributed by atoms with van der Waals surface area (Å²) in [6, 6.07) is 17.3. The minimum atomic E-state index is -0.0264. The summed E-state index contributed by atoms with van der Waals surface area (Å²) < 4.78 is 0. The van der Waals surface area contributed by atoms with Crippen LogP contribution < -0.4 is 11.1 Å². The van der Waals surface area contributed by atoms with Crippen LogP contribution >= 0.6 is 0 Å². The average Bonchev–Trinajstić information content (AvgIpc) is 2.87. The summed E-state index contributed by atoms with van der Waals surface area (Å²) in [5.41, 5.74) is 8.91. The number of nitrogens with two attached hydrogens (primary N) is 1. The highest BCUT2D eigenvalue weighted by Crippen LogP contribution is 2.45. The normalized spacial score (nSPS) is 25.0. The molecular weight excluding hydrogens is 334 g/mol. The van der Waals surface area contributed by atoms with Crippen molar-refractivity contribution >= 4 is 22.4 Å². The van der Waals surface area contributed by atoms with Gasteiger partial charge in [-0.25, -0.2) is 9.97 Å². The lowest BCUT2D eigenvalue weighted by Crippen LogP contribution is -2.54. The van der Waals surface area contributed by atoms with Crippen LogP contribution in [0.2, 0.25) is 0 Å². The standard InChI is InChI=1S/C22H25N5/c23-17-8-9-19-20(13-17)24-15-25-21(19)26-22-11-4-7-18(10-12-22)27(22)14-16-5-2-1-3-6-16/h1-3,5-6,8-9,13,15,18H,4,7,10-12,14,23H2,(H,24,25,26). The SMILES string of the molecule is Nc1ccc2c(NC34CCCC(CC3)N4Cc3ccccc3)ncnc2c1. The molecule has 3 heterocycles. The fourth-order valence-corrected chi connectivity index (χ4v) is 4.90. The summed E-state index contributed by atoms with van der Waals surface area (Å²) in [5.74, 6) is 0.917. The van der Waals surface area contributed by atoms with Gasteiger partial charge in [-0.3, -0.25) is 4.90 Å². The minimum Gasteiger partial charge on any atom is -0.399 e. The second-order valence-electron chi connectivity index (χ2n) is 7.85. The van der Waals surface area contributed by atoms with Crippen LogP contribution in [-0.4, -0.2) is 26.6 Å². The first-order valence-corrected chi connectivity index (χ1v) is 9.83. The first-order chi connectivity index (χ1) is 13.2. The van der Waals surface area contributed by atoms with Crippen molar-refractivity contribution < 1.29 is 0 Å². The van der Waals surface area contributed by atoms with Crippen LogP contribution in [0.5, 0.6) is 0 Å². The van der Waals surface area contributed by atoms with Gasteiger partial charge in [0, 0.05) is 23.7 Å². The molecule has 0 radical (unpaired) electrons. The fraction of sp³-hybridized carbons (Fsp3) is 0.364. The lowest BCUT2D eigenvalue weighted by Gasteiger charge is -2.46. The van der Waals surface area contributed by atoms with Gasteiger partial charge in [-0.2, -0.15) is 0 Å². The van der Waals surface area contributed by atoms with Crippen LogP contribution in [0.4, 0.5) is 11.5 Å². The molecule has 2 bridgehead atoms. The third-order valence-electron chi connectivity index (χ3n) is 6.22. The van der Waals surface area contributed by atoms with Gasteiger partial charge in [0.15, 0.2) is 0 Å². The zero-order chi connectivity index (χ0) is 18.3. The van der Waals surface area contributed by atoms with Crippen LogP contribution in [0, 0.1) is 0 Å². The lowest BCUT2D eigenvalue weighted by atomic mass is 9.95. The number of hydrogen-bond donors (Lipinski definition) is 2. The number of aromatic nitrogens is 2. The van der Waals surface area contributed by atoms with Gasteiger partial charge < -0.3 is 11.1 Å². The van der Waals surface area contributed by atoms with Crippen molar-refractivity contribution in [2.24, 2.45) is 0 Å². The molecule has 138 valence electrons. The maximum absolute atomic E-state index is 5.94. The molecule has 3 aromatic rings. The summed E-state index contributed by atoms with van der Waals surface area (Å²) in [6.45, 7) is 0.981. The highest BCUT2D eigenvalue weighted by molar-refractivity contribution is 5.90. The van der Waals surface area contributed by atoms with Gasteiger partial charge in [0.05, 0.1) is 11.2 Å². The van der Waals surface area contributed by atoms with Crippen molar-refractivity contribution in [3.63, 3.8) is 0 Å². The quantitative estimate of drug-likeness (QED) is 0.685. The molecule has 5 rings (SSSR count). The molecule has 2 atom stereocenters. The topological polar surface area (TPSA) is 67.1 Å². The number of hydrogen-bond acceptors (Lipinski definition) is 5. The second kappa shape index (κ2) is 6.50. The van der Waals surface area contributed by atoms with E-state index in [1.54, 1.807) is 6.33 Å². The van der Waals surface area contributed by atoms with Crippen LogP contribution in [0.15, 0.2) is 54.9 Å². The smallest absolute Gasteiger partial charge is 0.138 e. The zero-order valence-corrected chi connectivity index (χ0v) is 15.4. The molecule has 2 saturated heterocycles. The van der Waals surface area contributed by atoms with E-state index in [4.69, 9.17) is 5.73 Å². The molecule has 3 N–H and O–H groups in total. The molecule has 2 aromatic carbocycles. The van der Waals surface area contributed by atoms with Gasteiger partial charge in [-0.05, 0) is 55.9 Å². The average molecular weight is 359 g/mol. The van der Waals surface area contributed by atoms with Crippen LogP contribution in [0.3, 0.4) is 0 Å². The molecule has 0 saturated carbocycles. The Labute approximate surface area is 159 Å². The van der Waals surface area contributed by atoms with E-state index in [1.165, 1.54) is 24.8 Å². The first kappa shape index (κ1) is 16.5. The second-order valence-corrected chi connectivity index (χ2v) is 7.85. The van der Waals surface area contributed by atoms with E-state index in [-0.39, 0.29) is 5.66 Å². The number of benzene rings is 2. The van der Waals surface area contributed by atoms with Crippen molar-refractivity contribution in [2.45, 2.75) is 50.4 Å². The van der Waals surface area contributed by atoms with E-state index in [9.17, 15) is 0 Å². The third-order valence-corrected chi connectivity index (χ3v) is 6.22. The summed E-state index contributed by atoms with van der Waals surface area (Å²) in [4.78, 5) is 11.7. The highest BCUT2D eigenvalue weighted by Gasteiger charge is 2.48. The Morgan fingerprint density at radius 1 is 1.07 bits per heavy atom. The van der Waals surface area contributed by atoms with E-state index in [1.807, 2.05) is 18.2 Å². The van der Waals surface area contributed by atoms with Crippen molar-refractivity contribution in [3.8, 4) is 0 Å². The molecular formula is C22H25N5. The predicted molar refractivity (Wildman–Crippen MR) is 109 cm³/mol. The molecule has 2 aliphatic heterocycles. The Hall–Kier alpha value is -2.66. The summed E-state index contributed by atoms with van der Waals surface area (Å²) in [6.07, 6.45) is 7.74. The number of nitrogens with one attached hydrogen (secondary N) is 1. The van der Waals surface area contributed by atoms with Gasteiger partial charge in [0.25, 0.3) is 0 Å². The molecule has 1 aromatic heterocycles. The van der Waals surface area contributed by atoms with Crippen LogP contribution in [0.25, 0.3) is 10.9 Å². The number of nitrogens with zero attached hydrogens (tertiary/aromatic N) is 3. The van der Waals surface area contributed by atoms with Gasteiger partial charge in [0.1, 0.15) is 12.1 Å². The zero-order valence-electron chi connectivity index (χ0n) is 15.4. The Kier molecular flexibility index (Phi) is 3.97. The molecule has 0 spiro atoms. The molecule has 5 nitrogen and oxygen atoms in total. The Morgan fingerprint density at radius 3 is 2.85 bits per heavy atom. The summed E-state index contributed by atoms with van der Waals surface area (Å²) in [7, 11) is 0. The summed E-state index contributed by atoms with van der Waals surface area (Å²) >= 11 is 0. The number of nitrogen functional groups attached to an aromatic ring is 1. The van der Waals surface area contributed by atoms with E-state index in [0.717, 1.165) is 41.8 Å². The van der Waals surface area contributed by atoms with Gasteiger partial charge >= 0.3 is 0 Å². The Morgan fingerprint density at radius 2 is 1.96 bits per heavy atom. The van der Waals surface area contributed by atoms with Gasteiger partial charge in [0.2, 0.25) is 0 Å². The maximum Gasteiger partial charge on any atom is 0.138 e. The molecule has 27 heavy (non-hydrogen) atoms. The molecule has 5 heteroatoms. The maximum atomic E-state index is 5.94. The monoisotopic (exact) mass is 359 g/mol. The molecule has 0 amide bonds. The summed E-state index contributed by atoms with van der Waals surface area (Å²) in [5, 5.41) is 4.89. The van der Waals surface area contributed by atoms with E-state index in [2.05, 4.69) is 50.5 Å². The minimum absolute atomic E-state index is 0.0264. The first-order valence-electron chi connectivity index (χ1n) is 9.83. The third kappa shape index (κ3) is 2.92. The Balaban J connectivity index is 1.50.